The minimum absolute atomic E-state index is 0.100. The number of hydrogen-bond donors (Lipinski definition) is 1. The highest BCUT2D eigenvalue weighted by Gasteiger charge is 2.22. The number of para-hydroxylation sites is 2. The molecule has 1 saturated heterocycles. The summed E-state index contributed by atoms with van der Waals surface area (Å²) in [5.74, 6) is 1.61. The Balaban J connectivity index is 1.45. The molecule has 1 aliphatic heterocycles. The lowest BCUT2D eigenvalue weighted by Gasteiger charge is -2.36. The Morgan fingerprint density at radius 1 is 1.04 bits per heavy atom. The van der Waals surface area contributed by atoms with Gasteiger partial charge in [-0.1, -0.05) is 29.8 Å². The van der Waals surface area contributed by atoms with Gasteiger partial charge in [-0.2, -0.15) is 0 Å². The molecule has 0 atom stereocenters. The Morgan fingerprint density at radius 3 is 2.42 bits per heavy atom. The molecular weight excluding hydrogens is 330 g/mol. The number of methoxy groups -OCH3 is 1. The van der Waals surface area contributed by atoms with Crippen LogP contribution in [0.5, 0.6) is 11.5 Å². The molecule has 0 saturated carbocycles. The molecule has 1 N–H and O–H groups in total. The molecule has 1 fully saturated rings. The number of benzene rings is 2. The van der Waals surface area contributed by atoms with Crippen LogP contribution < -0.4 is 19.7 Å². The predicted molar refractivity (Wildman–Crippen MR) is 102 cm³/mol. The summed E-state index contributed by atoms with van der Waals surface area (Å²) in [5, 5.41) is 2.81. The van der Waals surface area contributed by atoms with E-state index >= 15 is 0 Å². The second-order valence-corrected chi connectivity index (χ2v) is 6.23. The summed E-state index contributed by atoms with van der Waals surface area (Å²) in [4.78, 5) is 16.4. The molecule has 0 spiro atoms. The zero-order valence-corrected chi connectivity index (χ0v) is 15.3. The monoisotopic (exact) mass is 355 g/mol. The van der Waals surface area contributed by atoms with Crippen molar-refractivity contribution in [2.45, 2.75) is 6.92 Å². The molecule has 26 heavy (non-hydrogen) atoms. The first kappa shape index (κ1) is 17.9. The van der Waals surface area contributed by atoms with Crippen molar-refractivity contribution in [3.05, 3.63) is 54.1 Å². The van der Waals surface area contributed by atoms with Crippen LogP contribution >= 0.6 is 0 Å². The number of urea groups is 1. The number of rotatable bonds is 5. The summed E-state index contributed by atoms with van der Waals surface area (Å²) in [7, 11) is 1.68. The van der Waals surface area contributed by atoms with E-state index in [2.05, 4.69) is 10.2 Å². The molecule has 2 aromatic carbocycles. The molecule has 3 rings (SSSR count). The number of ether oxygens (including phenoxy) is 2. The zero-order chi connectivity index (χ0) is 18.4. The van der Waals surface area contributed by atoms with Gasteiger partial charge in [-0.3, -0.25) is 0 Å². The molecule has 0 aromatic heterocycles. The van der Waals surface area contributed by atoms with Crippen molar-refractivity contribution in [3.8, 4) is 11.5 Å². The molecule has 0 unspecified atom stereocenters. The molecule has 2 amide bonds. The smallest absolute Gasteiger partial charge is 0.320 e. The topological polar surface area (TPSA) is 54.0 Å². The lowest BCUT2D eigenvalue weighted by atomic mass is 10.2. The summed E-state index contributed by atoms with van der Waals surface area (Å²) in [5.41, 5.74) is 2.24. The largest absolute Gasteiger partial charge is 0.495 e. The fourth-order valence-electron chi connectivity index (χ4n) is 2.97. The average molecular weight is 355 g/mol. The minimum Gasteiger partial charge on any atom is -0.495 e. The van der Waals surface area contributed by atoms with Gasteiger partial charge in [0.2, 0.25) is 0 Å². The van der Waals surface area contributed by atoms with Gasteiger partial charge < -0.3 is 24.6 Å². The van der Waals surface area contributed by atoms with Gasteiger partial charge in [-0.25, -0.2) is 4.79 Å². The van der Waals surface area contributed by atoms with Crippen molar-refractivity contribution in [1.82, 2.24) is 10.2 Å². The fraction of sp³-hybridized carbons (Fsp3) is 0.350. The SMILES string of the molecule is COc1ccccc1N1CCN(C(=O)NCOc2ccc(C)cc2)CC1. The van der Waals surface area contributed by atoms with Gasteiger partial charge in [0.05, 0.1) is 12.8 Å². The first-order chi connectivity index (χ1) is 12.7. The number of hydrogen-bond acceptors (Lipinski definition) is 4. The predicted octanol–water partition coefficient (Wildman–Crippen LogP) is 2.87. The van der Waals surface area contributed by atoms with Crippen LogP contribution in [0.15, 0.2) is 48.5 Å². The van der Waals surface area contributed by atoms with E-state index in [1.54, 1.807) is 7.11 Å². The first-order valence-electron chi connectivity index (χ1n) is 8.77. The standard InChI is InChI=1S/C20H25N3O3/c1-16-7-9-17(10-8-16)26-15-21-20(24)23-13-11-22(12-14-23)18-5-3-4-6-19(18)25-2/h3-10H,11-15H2,1-2H3,(H,21,24). The number of piperazine rings is 1. The van der Waals surface area contributed by atoms with Crippen molar-refractivity contribution >= 4 is 11.7 Å². The van der Waals surface area contributed by atoms with Gasteiger partial charge >= 0.3 is 6.03 Å². The first-order valence-corrected chi connectivity index (χ1v) is 8.77. The van der Waals surface area contributed by atoms with Gasteiger partial charge in [0.15, 0.2) is 6.73 Å². The van der Waals surface area contributed by atoms with E-state index in [0.29, 0.717) is 13.1 Å². The molecule has 6 nitrogen and oxygen atoms in total. The highest BCUT2D eigenvalue weighted by atomic mass is 16.5. The van der Waals surface area contributed by atoms with Crippen LogP contribution in [0.1, 0.15) is 5.56 Å². The quantitative estimate of drug-likeness (QED) is 0.838. The normalized spacial score (nSPS) is 14.1. The van der Waals surface area contributed by atoms with Crippen LogP contribution in [0, 0.1) is 6.92 Å². The number of aryl methyl sites for hydroxylation is 1. The van der Waals surface area contributed by atoms with E-state index in [1.165, 1.54) is 5.56 Å². The van der Waals surface area contributed by atoms with Crippen molar-refractivity contribution in [2.24, 2.45) is 0 Å². The zero-order valence-electron chi connectivity index (χ0n) is 15.3. The number of nitrogens with one attached hydrogen (secondary N) is 1. The summed E-state index contributed by atoms with van der Waals surface area (Å²) < 4.78 is 11.0. The molecule has 1 heterocycles. The maximum absolute atomic E-state index is 12.3. The number of nitrogens with zero attached hydrogens (tertiary/aromatic N) is 2. The summed E-state index contributed by atoms with van der Waals surface area (Å²) in [6.45, 7) is 5.05. The van der Waals surface area contributed by atoms with Crippen LogP contribution in [0.4, 0.5) is 10.5 Å². The van der Waals surface area contributed by atoms with Crippen LogP contribution in [-0.4, -0.2) is 51.0 Å². The molecule has 1 aliphatic rings. The second kappa shape index (κ2) is 8.47. The lowest BCUT2D eigenvalue weighted by molar-refractivity contribution is 0.181. The van der Waals surface area contributed by atoms with Gasteiger partial charge in [-0.15, -0.1) is 0 Å². The third kappa shape index (κ3) is 4.39. The van der Waals surface area contributed by atoms with Crippen molar-refractivity contribution in [3.63, 3.8) is 0 Å². The maximum Gasteiger partial charge on any atom is 0.320 e. The number of carbonyl (C=O) groups is 1. The lowest BCUT2D eigenvalue weighted by Crippen LogP contribution is -2.52. The summed E-state index contributed by atoms with van der Waals surface area (Å²) >= 11 is 0. The highest BCUT2D eigenvalue weighted by molar-refractivity contribution is 5.74. The van der Waals surface area contributed by atoms with Gasteiger partial charge in [0, 0.05) is 26.2 Å². The van der Waals surface area contributed by atoms with Gasteiger partial charge in [0.25, 0.3) is 0 Å². The Kier molecular flexibility index (Phi) is 5.84. The van der Waals surface area contributed by atoms with Crippen molar-refractivity contribution in [2.75, 3.05) is 44.9 Å². The van der Waals surface area contributed by atoms with Gasteiger partial charge in [-0.05, 0) is 31.2 Å². The van der Waals surface area contributed by atoms with E-state index in [-0.39, 0.29) is 12.8 Å². The average Bonchev–Trinajstić information content (AvgIpc) is 2.69. The molecule has 0 radical (unpaired) electrons. The fourth-order valence-corrected chi connectivity index (χ4v) is 2.97. The Hall–Kier alpha value is -2.89. The molecular formula is C20H25N3O3. The number of carbonyl (C=O) groups excluding carboxylic acids is 1. The van der Waals surface area contributed by atoms with E-state index in [1.807, 2.05) is 60.4 Å². The van der Waals surface area contributed by atoms with E-state index in [4.69, 9.17) is 9.47 Å². The maximum atomic E-state index is 12.3. The third-order valence-electron chi connectivity index (χ3n) is 4.48. The van der Waals surface area contributed by atoms with Crippen LogP contribution in [0.3, 0.4) is 0 Å². The highest BCUT2D eigenvalue weighted by Crippen LogP contribution is 2.28. The number of anilines is 1. The van der Waals surface area contributed by atoms with Crippen LogP contribution in [-0.2, 0) is 0 Å². The number of amides is 2. The molecule has 0 bridgehead atoms. The Labute approximate surface area is 154 Å². The van der Waals surface area contributed by atoms with Crippen LogP contribution in [0.25, 0.3) is 0 Å². The van der Waals surface area contributed by atoms with Crippen LogP contribution in [0.2, 0.25) is 0 Å². The molecule has 0 aliphatic carbocycles. The van der Waals surface area contributed by atoms with Gasteiger partial charge in [0.1, 0.15) is 11.5 Å². The van der Waals surface area contributed by atoms with E-state index < -0.39 is 0 Å². The molecule has 138 valence electrons. The van der Waals surface area contributed by atoms with E-state index in [9.17, 15) is 4.79 Å². The molecule has 6 heteroatoms. The van der Waals surface area contributed by atoms with E-state index in [0.717, 1.165) is 30.3 Å². The Bertz CT molecular complexity index is 725. The summed E-state index contributed by atoms with van der Waals surface area (Å²) in [6, 6.07) is 15.6. The Morgan fingerprint density at radius 2 is 1.73 bits per heavy atom. The summed E-state index contributed by atoms with van der Waals surface area (Å²) in [6.07, 6.45) is 0. The molecule has 2 aromatic rings. The minimum atomic E-state index is -0.100. The van der Waals surface area contributed by atoms with Crippen molar-refractivity contribution in [1.29, 1.82) is 0 Å². The third-order valence-corrected chi connectivity index (χ3v) is 4.48. The second-order valence-electron chi connectivity index (χ2n) is 6.23. The van der Waals surface area contributed by atoms with Crippen molar-refractivity contribution < 1.29 is 14.3 Å².